The molecular weight excluding hydrogens is 368 g/mol. The van der Waals surface area contributed by atoms with Gasteiger partial charge in [-0.1, -0.05) is 30.0 Å². The Morgan fingerprint density at radius 1 is 1.30 bits per heavy atom. The highest BCUT2D eigenvalue weighted by Crippen LogP contribution is 2.27. The van der Waals surface area contributed by atoms with Crippen LogP contribution in [0.5, 0.6) is 0 Å². The normalized spacial score (nSPS) is 12.3. The molecule has 136 valence electrons. The second kappa shape index (κ2) is 6.72. The number of carbonyl (C=O) groups is 1. The van der Waals surface area contributed by atoms with Crippen LogP contribution < -0.4 is 5.32 Å². The number of nitro groups is 1. The van der Waals surface area contributed by atoms with Crippen LogP contribution in [0.2, 0.25) is 0 Å². The van der Waals surface area contributed by atoms with Crippen molar-refractivity contribution < 1.29 is 9.72 Å². The zero-order valence-electron chi connectivity index (χ0n) is 14.1. The monoisotopic (exact) mass is 382 g/mol. The minimum atomic E-state index is -0.502. The number of nitrogens with zero attached hydrogens (tertiary/aromatic N) is 4. The summed E-state index contributed by atoms with van der Waals surface area (Å²) in [6.45, 7) is 1.75. The van der Waals surface area contributed by atoms with Gasteiger partial charge in [-0.25, -0.2) is 10.1 Å². The highest BCUT2D eigenvalue weighted by molar-refractivity contribution is 8.00. The van der Waals surface area contributed by atoms with Crippen LogP contribution in [0.1, 0.15) is 6.92 Å². The van der Waals surface area contributed by atoms with Gasteiger partial charge in [-0.3, -0.25) is 19.3 Å². The number of hydrogen-bond donors (Lipinski definition) is 2. The first-order chi connectivity index (χ1) is 13.0. The Hall–Kier alpha value is -3.40. The molecule has 0 aliphatic heterocycles. The molecule has 0 saturated carbocycles. The average molecular weight is 382 g/mol. The summed E-state index contributed by atoms with van der Waals surface area (Å²) in [4.78, 5) is 27.3. The molecule has 0 spiro atoms. The number of imidazole rings is 1. The fourth-order valence-electron chi connectivity index (χ4n) is 2.67. The van der Waals surface area contributed by atoms with E-state index in [0.717, 1.165) is 11.0 Å². The molecule has 2 aromatic heterocycles. The lowest BCUT2D eigenvalue weighted by atomic mass is 10.2. The van der Waals surface area contributed by atoms with Gasteiger partial charge in [0.15, 0.2) is 5.16 Å². The van der Waals surface area contributed by atoms with E-state index in [2.05, 4.69) is 20.5 Å². The molecule has 1 atom stereocenters. The number of thioether (sulfide) groups is 1. The zero-order valence-corrected chi connectivity index (χ0v) is 14.9. The Labute approximate surface area is 156 Å². The van der Waals surface area contributed by atoms with Gasteiger partial charge in [0.05, 0.1) is 21.2 Å². The second-order valence-corrected chi connectivity index (χ2v) is 7.13. The van der Waals surface area contributed by atoms with Crippen molar-refractivity contribution in [2.24, 2.45) is 0 Å². The molecule has 27 heavy (non-hydrogen) atoms. The number of non-ortho nitro benzene ring substituents is 1. The van der Waals surface area contributed by atoms with Gasteiger partial charge in [0.2, 0.25) is 11.7 Å². The maximum atomic E-state index is 12.5. The van der Waals surface area contributed by atoms with Crippen molar-refractivity contribution in [2.75, 3.05) is 5.32 Å². The topological polar surface area (TPSA) is 118 Å². The average Bonchev–Trinajstić information content (AvgIpc) is 3.21. The van der Waals surface area contributed by atoms with E-state index in [4.69, 9.17) is 0 Å². The fourth-order valence-corrected chi connectivity index (χ4v) is 3.55. The maximum Gasteiger partial charge on any atom is 0.271 e. The second-order valence-electron chi connectivity index (χ2n) is 5.82. The summed E-state index contributed by atoms with van der Waals surface area (Å²) in [6, 6.07) is 13.5. The summed E-state index contributed by atoms with van der Waals surface area (Å²) in [5.74, 6) is 0.325. The zero-order chi connectivity index (χ0) is 19.0. The highest BCUT2D eigenvalue weighted by atomic mass is 32.2. The Morgan fingerprint density at radius 3 is 2.93 bits per heavy atom. The highest BCUT2D eigenvalue weighted by Gasteiger charge is 2.20. The van der Waals surface area contributed by atoms with Gasteiger partial charge in [0.25, 0.3) is 5.69 Å². The van der Waals surface area contributed by atoms with Crippen LogP contribution in [0.4, 0.5) is 11.4 Å². The van der Waals surface area contributed by atoms with Crippen LogP contribution in [-0.4, -0.2) is 35.7 Å². The number of nitrogens with one attached hydrogen (secondary N) is 2. The number of anilines is 1. The molecule has 0 fully saturated rings. The van der Waals surface area contributed by atoms with Crippen LogP contribution in [0, 0.1) is 10.1 Å². The molecule has 10 heteroatoms. The third kappa shape index (κ3) is 3.22. The van der Waals surface area contributed by atoms with Crippen molar-refractivity contribution in [3.63, 3.8) is 0 Å². The summed E-state index contributed by atoms with van der Waals surface area (Å²) in [6.07, 6.45) is 0. The van der Waals surface area contributed by atoms with Gasteiger partial charge in [-0.2, -0.15) is 0 Å². The van der Waals surface area contributed by atoms with Crippen LogP contribution in [0.25, 0.3) is 16.8 Å². The van der Waals surface area contributed by atoms with E-state index in [-0.39, 0.29) is 11.6 Å². The van der Waals surface area contributed by atoms with E-state index in [1.807, 2.05) is 28.7 Å². The van der Waals surface area contributed by atoms with E-state index < -0.39 is 10.2 Å². The number of carbonyl (C=O) groups excluding carboxylic acids is 1. The molecule has 2 heterocycles. The molecule has 0 radical (unpaired) electrons. The predicted molar refractivity (Wildman–Crippen MR) is 102 cm³/mol. The van der Waals surface area contributed by atoms with Crippen LogP contribution in [0.15, 0.2) is 53.7 Å². The lowest BCUT2D eigenvalue weighted by Crippen LogP contribution is -2.22. The summed E-state index contributed by atoms with van der Waals surface area (Å²) < 4.78 is 1.86. The molecule has 2 aromatic carbocycles. The number of fused-ring (bicyclic) bond motifs is 3. The van der Waals surface area contributed by atoms with Gasteiger partial charge < -0.3 is 5.32 Å². The largest absolute Gasteiger partial charge is 0.325 e. The van der Waals surface area contributed by atoms with Crippen LogP contribution in [-0.2, 0) is 4.79 Å². The molecule has 0 unspecified atom stereocenters. The van der Waals surface area contributed by atoms with Crippen molar-refractivity contribution in [1.29, 1.82) is 0 Å². The maximum absolute atomic E-state index is 12.5. The fraction of sp³-hybridized carbons (Fsp3) is 0.118. The smallest absolute Gasteiger partial charge is 0.271 e. The number of aromatic amines is 1. The van der Waals surface area contributed by atoms with Gasteiger partial charge >= 0.3 is 0 Å². The number of nitro benzene ring substituents is 1. The van der Waals surface area contributed by atoms with Crippen LogP contribution in [0.3, 0.4) is 0 Å². The van der Waals surface area contributed by atoms with E-state index in [0.29, 0.717) is 16.6 Å². The first kappa shape index (κ1) is 17.0. The van der Waals surface area contributed by atoms with Gasteiger partial charge in [0, 0.05) is 17.8 Å². The molecule has 0 aliphatic rings. The van der Waals surface area contributed by atoms with E-state index >= 15 is 0 Å². The van der Waals surface area contributed by atoms with Crippen LogP contribution >= 0.6 is 11.8 Å². The molecule has 4 aromatic rings. The van der Waals surface area contributed by atoms with Gasteiger partial charge in [0.1, 0.15) is 0 Å². The first-order valence-electron chi connectivity index (χ1n) is 8.06. The Morgan fingerprint density at radius 2 is 2.11 bits per heavy atom. The Bertz CT molecular complexity index is 1170. The number of H-pyrrole nitrogens is 1. The lowest BCUT2D eigenvalue weighted by molar-refractivity contribution is -0.384. The quantitative estimate of drug-likeness (QED) is 0.311. The summed E-state index contributed by atoms with van der Waals surface area (Å²) >= 11 is 1.27. The molecular formula is C17H14N6O3S. The minimum Gasteiger partial charge on any atom is -0.325 e. The summed E-state index contributed by atoms with van der Waals surface area (Å²) in [7, 11) is 0. The van der Waals surface area contributed by atoms with Gasteiger partial charge in [-0.05, 0) is 25.1 Å². The van der Waals surface area contributed by atoms with Gasteiger partial charge in [-0.15, -0.1) is 5.10 Å². The summed E-state index contributed by atoms with van der Waals surface area (Å²) in [5, 5.41) is 20.8. The van der Waals surface area contributed by atoms with E-state index in [1.54, 1.807) is 13.0 Å². The number of hydrogen-bond acceptors (Lipinski definition) is 6. The molecule has 0 saturated heterocycles. The molecule has 1 amide bonds. The van der Waals surface area contributed by atoms with Crippen molar-refractivity contribution >= 4 is 45.9 Å². The number of rotatable bonds is 5. The minimum absolute atomic E-state index is 0.0769. The number of benzene rings is 2. The lowest BCUT2D eigenvalue weighted by Gasteiger charge is -2.10. The first-order valence-corrected chi connectivity index (χ1v) is 8.94. The molecule has 9 nitrogen and oxygen atoms in total. The molecule has 2 N–H and O–H groups in total. The molecule has 4 rings (SSSR count). The van der Waals surface area contributed by atoms with Crippen molar-refractivity contribution in [2.45, 2.75) is 17.3 Å². The van der Waals surface area contributed by atoms with E-state index in [9.17, 15) is 14.9 Å². The van der Waals surface area contributed by atoms with Crippen molar-refractivity contribution in [3.05, 3.63) is 58.6 Å². The Balaban J connectivity index is 1.54. The Kier molecular flexibility index (Phi) is 4.24. The number of para-hydroxylation sites is 2. The molecule has 0 aliphatic carbocycles. The standard InChI is InChI=1S/C17H14N6O3S/c1-10(15(24)18-11-5-4-6-12(9-11)23(25)26)27-17-21-20-16-19-13-7-2-3-8-14(13)22(16)17/h2-10H,1H3,(H,18,24)(H,19,20)/t10-/m1/s1. The number of amides is 1. The summed E-state index contributed by atoms with van der Waals surface area (Å²) in [5.41, 5.74) is 2.03. The number of aromatic nitrogens is 4. The van der Waals surface area contributed by atoms with Crippen molar-refractivity contribution in [1.82, 2.24) is 19.6 Å². The van der Waals surface area contributed by atoms with E-state index in [1.165, 1.54) is 30.0 Å². The third-order valence-corrected chi connectivity index (χ3v) is 5.03. The SMILES string of the molecule is C[C@@H](Sc1n[nH]c2nc3ccccc3n12)C(=O)Nc1cccc([N+](=O)[O-])c1. The van der Waals surface area contributed by atoms with Crippen molar-refractivity contribution in [3.8, 4) is 0 Å². The third-order valence-electron chi connectivity index (χ3n) is 3.98. The predicted octanol–water partition coefficient (Wildman–Crippen LogP) is 3.24. The molecule has 0 bridgehead atoms.